The molecule has 0 unspecified atom stereocenters. The number of aromatic nitrogens is 4. The highest BCUT2D eigenvalue weighted by molar-refractivity contribution is 6.00. The standard InChI is InChI=1S/C14H15N5O2/c1-2-21-14(20)19-6-8(7-19)12-17-10-5-16-13-9(3-4-15-13)11(10)18-12/h3-5,8H,2,6-7H2,1H3,(H,15,16)(H,17,18). The number of nitrogens with one attached hydrogen (secondary N) is 2. The minimum atomic E-state index is -0.250. The highest BCUT2D eigenvalue weighted by Gasteiger charge is 2.34. The molecule has 108 valence electrons. The van der Waals surface area contributed by atoms with E-state index >= 15 is 0 Å². The highest BCUT2D eigenvalue weighted by Crippen LogP contribution is 2.29. The number of pyridine rings is 1. The van der Waals surface area contributed by atoms with Gasteiger partial charge in [-0.05, 0) is 13.0 Å². The Hall–Kier alpha value is -2.57. The first kappa shape index (κ1) is 12.2. The van der Waals surface area contributed by atoms with Crippen molar-refractivity contribution >= 4 is 28.2 Å². The van der Waals surface area contributed by atoms with Gasteiger partial charge in [0.25, 0.3) is 0 Å². The van der Waals surface area contributed by atoms with E-state index in [4.69, 9.17) is 4.74 Å². The molecule has 21 heavy (non-hydrogen) atoms. The second kappa shape index (κ2) is 4.47. The molecule has 4 heterocycles. The molecule has 4 rings (SSSR count). The fourth-order valence-electron chi connectivity index (χ4n) is 2.71. The number of aromatic amines is 2. The molecule has 1 saturated heterocycles. The van der Waals surface area contributed by atoms with E-state index in [1.807, 2.05) is 19.2 Å². The molecule has 1 aliphatic rings. The van der Waals surface area contributed by atoms with Crippen LogP contribution in [0.2, 0.25) is 0 Å². The van der Waals surface area contributed by atoms with Crippen LogP contribution in [0.15, 0.2) is 18.5 Å². The van der Waals surface area contributed by atoms with Crippen molar-refractivity contribution in [2.24, 2.45) is 0 Å². The van der Waals surface area contributed by atoms with E-state index in [2.05, 4.69) is 19.9 Å². The third kappa shape index (κ3) is 1.84. The van der Waals surface area contributed by atoms with Gasteiger partial charge in [-0.25, -0.2) is 14.8 Å². The van der Waals surface area contributed by atoms with Gasteiger partial charge in [0.05, 0.1) is 24.2 Å². The first-order valence-electron chi connectivity index (χ1n) is 6.99. The van der Waals surface area contributed by atoms with E-state index in [1.165, 1.54) is 0 Å². The minimum absolute atomic E-state index is 0.232. The van der Waals surface area contributed by atoms with Crippen LogP contribution < -0.4 is 0 Å². The number of H-pyrrole nitrogens is 2. The van der Waals surface area contributed by atoms with Crippen LogP contribution in [0.1, 0.15) is 18.7 Å². The van der Waals surface area contributed by atoms with Gasteiger partial charge in [-0.1, -0.05) is 0 Å². The van der Waals surface area contributed by atoms with E-state index < -0.39 is 0 Å². The van der Waals surface area contributed by atoms with Crippen molar-refractivity contribution in [2.45, 2.75) is 12.8 Å². The Bertz CT molecular complexity index is 815. The summed E-state index contributed by atoms with van der Waals surface area (Å²) < 4.78 is 4.98. The maximum atomic E-state index is 11.6. The van der Waals surface area contributed by atoms with Gasteiger partial charge >= 0.3 is 6.09 Å². The lowest BCUT2D eigenvalue weighted by Gasteiger charge is -2.36. The third-order valence-corrected chi connectivity index (χ3v) is 3.85. The Morgan fingerprint density at radius 3 is 3.19 bits per heavy atom. The zero-order valence-corrected chi connectivity index (χ0v) is 11.6. The summed E-state index contributed by atoms with van der Waals surface area (Å²) in [5, 5.41) is 1.04. The van der Waals surface area contributed by atoms with Crippen LogP contribution in [0.5, 0.6) is 0 Å². The second-order valence-corrected chi connectivity index (χ2v) is 5.18. The van der Waals surface area contributed by atoms with E-state index in [9.17, 15) is 4.79 Å². The Balaban J connectivity index is 1.59. The smallest absolute Gasteiger partial charge is 0.409 e. The molecule has 1 aliphatic heterocycles. The van der Waals surface area contributed by atoms with Crippen molar-refractivity contribution in [1.29, 1.82) is 0 Å². The summed E-state index contributed by atoms with van der Waals surface area (Å²) in [5.74, 6) is 1.14. The van der Waals surface area contributed by atoms with Crippen molar-refractivity contribution < 1.29 is 9.53 Å². The summed E-state index contributed by atoms with van der Waals surface area (Å²) in [6.07, 6.45) is 3.37. The molecule has 0 aliphatic carbocycles. The predicted molar refractivity (Wildman–Crippen MR) is 77.1 cm³/mol. The Morgan fingerprint density at radius 2 is 2.38 bits per heavy atom. The topological polar surface area (TPSA) is 86.9 Å². The van der Waals surface area contributed by atoms with Crippen LogP contribution in [-0.2, 0) is 4.74 Å². The monoisotopic (exact) mass is 285 g/mol. The van der Waals surface area contributed by atoms with Crippen molar-refractivity contribution in [3.05, 3.63) is 24.3 Å². The number of imidazole rings is 1. The average Bonchev–Trinajstić information content (AvgIpc) is 3.01. The van der Waals surface area contributed by atoms with Crippen LogP contribution in [0, 0.1) is 0 Å². The average molecular weight is 285 g/mol. The Kier molecular flexibility index (Phi) is 2.60. The summed E-state index contributed by atoms with van der Waals surface area (Å²) in [6, 6.07) is 1.98. The molecule has 7 heteroatoms. The maximum Gasteiger partial charge on any atom is 0.409 e. The fourth-order valence-corrected chi connectivity index (χ4v) is 2.71. The van der Waals surface area contributed by atoms with Crippen LogP contribution in [0.3, 0.4) is 0 Å². The number of carbonyl (C=O) groups is 1. The van der Waals surface area contributed by atoms with E-state index in [-0.39, 0.29) is 12.0 Å². The van der Waals surface area contributed by atoms with Gasteiger partial charge < -0.3 is 19.6 Å². The van der Waals surface area contributed by atoms with Crippen molar-refractivity contribution in [3.8, 4) is 0 Å². The number of nitrogens with zero attached hydrogens (tertiary/aromatic N) is 3. The van der Waals surface area contributed by atoms with Gasteiger partial charge in [0.2, 0.25) is 0 Å². The zero-order chi connectivity index (χ0) is 14.4. The molecule has 0 aromatic carbocycles. The zero-order valence-electron chi connectivity index (χ0n) is 11.6. The molecule has 0 radical (unpaired) electrons. The molecule has 3 aromatic heterocycles. The molecule has 2 N–H and O–H groups in total. The fraction of sp³-hybridized carbons (Fsp3) is 0.357. The molecule has 0 atom stereocenters. The molecule has 3 aromatic rings. The normalized spacial score (nSPS) is 15.6. The molecule has 0 bridgehead atoms. The number of hydrogen-bond acceptors (Lipinski definition) is 4. The van der Waals surface area contributed by atoms with Crippen LogP contribution in [0.4, 0.5) is 4.79 Å². The maximum absolute atomic E-state index is 11.6. The van der Waals surface area contributed by atoms with E-state index in [1.54, 1.807) is 11.1 Å². The van der Waals surface area contributed by atoms with Gasteiger partial charge in [0.1, 0.15) is 17.0 Å². The predicted octanol–water partition coefficient (Wildman–Crippen LogP) is 1.99. The van der Waals surface area contributed by atoms with Gasteiger partial charge in [-0.15, -0.1) is 0 Å². The minimum Gasteiger partial charge on any atom is -0.450 e. The molecule has 1 fully saturated rings. The number of carbonyl (C=O) groups excluding carboxylic acids is 1. The molecule has 7 nitrogen and oxygen atoms in total. The quantitative estimate of drug-likeness (QED) is 0.754. The van der Waals surface area contributed by atoms with Crippen molar-refractivity contribution in [1.82, 2.24) is 24.8 Å². The first-order valence-corrected chi connectivity index (χ1v) is 6.99. The molecular weight excluding hydrogens is 270 g/mol. The summed E-state index contributed by atoms with van der Waals surface area (Å²) in [5.41, 5.74) is 2.69. The SMILES string of the molecule is CCOC(=O)N1CC(c2nc3cnc4[nH]ccc4c3[nH]2)C1. The van der Waals surface area contributed by atoms with E-state index in [0.717, 1.165) is 27.9 Å². The van der Waals surface area contributed by atoms with E-state index in [0.29, 0.717) is 19.7 Å². The number of rotatable bonds is 2. The van der Waals surface area contributed by atoms with Gasteiger partial charge in [0, 0.05) is 24.7 Å². The second-order valence-electron chi connectivity index (χ2n) is 5.18. The highest BCUT2D eigenvalue weighted by atomic mass is 16.6. The Morgan fingerprint density at radius 1 is 1.52 bits per heavy atom. The summed E-state index contributed by atoms with van der Waals surface area (Å²) in [7, 11) is 0. The van der Waals surface area contributed by atoms with Gasteiger partial charge in [-0.3, -0.25) is 0 Å². The number of ether oxygens (including phenoxy) is 1. The van der Waals surface area contributed by atoms with Gasteiger partial charge in [0.15, 0.2) is 0 Å². The third-order valence-electron chi connectivity index (χ3n) is 3.85. The number of fused-ring (bicyclic) bond motifs is 3. The lowest BCUT2D eigenvalue weighted by molar-refractivity contribution is 0.0738. The van der Waals surface area contributed by atoms with Crippen molar-refractivity contribution in [2.75, 3.05) is 19.7 Å². The number of amides is 1. The number of hydrogen-bond donors (Lipinski definition) is 2. The van der Waals surface area contributed by atoms with Crippen LogP contribution >= 0.6 is 0 Å². The lowest BCUT2D eigenvalue weighted by atomic mass is 10.0. The number of likely N-dealkylation sites (tertiary alicyclic amines) is 1. The van der Waals surface area contributed by atoms with Gasteiger partial charge in [-0.2, -0.15) is 0 Å². The first-order chi connectivity index (χ1) is 10.3. The molecule has 1 amide bonds. The molecule has 0 spiro atoms. The summed E-state index contributed by atoms with van der Waals surface area (Å²) in [4.78, 5) is 28.6. The largest absolute Gasteiger partial charge is 0.450 e. The van der Waals surface area contributed by atoms with Crippen LogP contribution in [0.25, 0.3) is 22.1 Å². The van der Waals surface area contributed by atoms with Crippen molar-refractivity contribution in [3.63, 3.8) is 0 Å². The molecule has 0 saturated carbocycles. The summed E-state index contributed by atoms with van der Waals surface area (Å²) >= 11 is 0. The summed E-state index contributed by atoms with van der Waals surface area (Å²) in [6.45, 7) is 3.50. The lowest BCUT2D eigenvalue weighted by Crippen LogP contribution is -2.49. The van der Waals surface area contributed by atoms with Crippen LogP contribution in [-0.4, -0.2) is 50.6 Å². The molecular formula is C14H15N5O2. The Labute approximate surface area is 120 Å².